The molecule has 0 bridgehead atoms. The second kappa shape index (κ2) is 5.69. The lowest BCUT2D eigenvalue weighted by molar-refractivity contribution is -0.157. The number of aromatic amines is 1. The van der Waals surface area contributed by atoms with Gasteiger partial charge in [-0.3, -0.25) is 9.59 Å². The van der Waals surface area contributed by atoms with E-state index in [4.69, 9.17) is 0 Å². The van der Waals surface area contributed by atoms with Crippen LogP contribution in [0.3, 0.4) is 0 Å². The SMILES string of the molecule is CN1CC(=O)N2[C@@H](c3cc(Br)cs3)c3[nH]c4ccccc4c3C[C@H]2C1=O. The fourth-order valence-electron chi connectivity index (χ4n) is 4.18. The predicted molar refractivity (Wildman–Crippen MR) is 104 cm³/mol. The summed E-state index contributed by atoms with van der Waals surface area (Å²) < 4.78 is 0.991. The molecule has 1 saturated heterocycles. The summed E-state index contributed by atoms with van der Waals surface area (Å²) in [5.41, 5.74) is 3.22. The summed E-state index contributed by atoms with van der Waals surface area (Å²) in [6.45, 7) is 0.133. The smallest absolute Gasteiger partial charge is 0.245 e. The summed E-state index contributed by atoms with van der Waals surface area (Å²) in [6.07, 6.45) is 0.553. The van der Waals surface area contributed by atoms with Crippen molar-refractivity contribution in [1.29, 1.82) is 0 Å². The number of nitrogens with one attached hydrogen (secondary N) is 1. The van der Waals surface area contributed by atoms with Gasteiger partial charge in [0, 0.05) is 44.8 Å². The zero-order valence-electron chi connectivity index (χ0n) is 14.0. The monoisotopic (exact) mass is 429 g/mol. The van der Waals surface area contributed by atoms with Gasteiger partial charge in [0.1, 0.15) is 12.1 Å². The highest BCUT2D eigenvalue weighted by atomic mass is 79.9. The van der Waals surface area contributed by atoms with E-state index in [9.17, 15) is 9.59 Å². The lowest BCUT2D eigenvalue weighted by Crippen LogP contribution is -2.62. The van der Waals surface area contributed by atoms with Crippen LogP contribution in [0.5, 0.6) is 0 Å². The van der Waals surface area contributed by atoms with Gasteiger partial charge in [-0.2, -0.15) is 0 Å². The van der Waals surface area contributed by atoms with E-state index in [1.165, 1.54) is 0 Å². The average Bonchev–Trinajstić information content (AvgIpc) is 3.21. The molecule has 1 N–H and O–H groups in total. The van der Waals surface area contributed by atoms with E-state index in [0.29, 0.717) is 6.42 Å². The minimum atomic E-state index is -0.446. The van der Waals surface area contributed by atoms with Gasteiger partial charge in [0.05, 0.1) is 6.54 Å². The number of carbonyl (C=O) groups excluding carboxylic acids is 2. The normalized spacial score (nSPS) is 22.7. The molecule has 2 amide bonds. The van der Waals surface area contributed by atoms with Crippen molar-refractivity contribution in [2.45, 2.75) is 18.5 Å². The second-order valence-electron chi connectivity index (χ2n) is 6.85. The maximum atomic E-state index is 12.9. The third-order valence-electron chi connectivity index (χ3n) is 5.31. The molecule has 2 aromatic heterocycles. The summed E-state index contributed by atoms with van der Waals surface area (Å²) in [6, 6.07) is 9.49. The topological polar surface area (TPSA) is 56.4 Å². The van der Waals surface area contributed by atoms with Crippen molar-refractivity contribution >= 4 is 50.0 Å². The molecule has 26 heavy (non-hydrogen) atoms. The van der Waals surface area contributed by atoms with Crippen molar-refractivity contribution in [2.75, 3.05) is 13.6 Å². The fourth-order valence-corrected chi connectivity index (χ4v) is 5.73. The number of piperazine rings is 1. The van der Waals surface area contributed by atoms with Crippen molar-refractivity contribution in [3.8, 4) is 0 Å². The Hall–Kier alpha value is -2.12. The van der Waals surface area contributed by atoms with Crippen molar-refractivity contribution in [3.63, 3.8) is 0 Å². The molecule has 132 valence electrons. The number of hydrogen-bond donors (Lipinski definition) is 1. The standard InChI is InChI=1S/C19H16BrN3O2S/c1-22-8-16(24)23-14(19(22)25)7-12-11-4-2-3-5-13(11)21-17(12)18(23)15-6-10(20)9-26-15/h2-6,9,14,18,21H,7-8H2,1H3/t14-,18-/m0/s1. The zero-order chi connectivity index (χ0) is 18.0. The first kappa shape index (κ1) is 16.1. The molecule has 0 unspecified atom stereocenters. The summed E-state index contributed by atoms with van der Waals surface area (Å²) in [7, 11) is 1.71. The average molecular weight is 430 g/mol. The van der Waals surface area contributed by atoms with Gasteiger partial charge in [0.15, 0.2) is 0 Å². The largest absolute Gasteiger partial charge is 0.356 e. The highest BCUT2D eigenvalue weighted by Crippen LogP contribution is 2.44. The van der Waals surface area contributed by atoms with Gasteiger partial charge >= 0.3 is 0 Å². The first-order chi connectivity index (χ1) is 12.5. The Morgan fingerprint density at radius 1 is 1.27 bits per heavy atom. The first-order valence-corrected chi connectivity index (χ1v) is 10.1. The highest BCUT2D eigenvalue weighted by Gasteiger charge is 2.47. The third kappa shape index (κ3) is 2.20. The van der Waals surface area contributed by atoms with Gasteiger partial charge in [-0.25, -0.2) is 0 Å². The minimum absolute atomic E-state index is 0.00377. The van der Waals surface area contributed by atoms with Crippen LogP contribution in [-0.4, -0.2) is 46.2 Å². The maximum absolute atomic E-state index is 12.9. The van der Waals surface area contributed by atoms with Crippen LogP contribution in [0.4, 0.5) is 0 Å². The lowest BCUT2D eigenvalue weighted by atomic mass is 9.88. The number of para-hydroxylation sites is 1. The number of H-pyrrole nitrogens is 1. The Morgan fingerprint density at radius 2 is 2.08 bits per heavy atom. The minimum Gasteiger partial charge on any atom is -0.356 e. The molecule has 2 aliphatic heterocycles. The molecule has 5 nitrogen and oxygen atoms in total. The van der Waals surface area contributed by atoms with Crippen molar-refractivity contribution in [1.82, 2.24) is 14.8 Å². The van der Waals surface area contributed by atoms with E-state index < -0.39 is 6.04 Å². The molecular formula is C19H16BrN3O2S. The van der Waals surface area contributed by atoms with Crippen LogP contribution in [0.2, 0.25) is 0 Å². The van der Waals surface area contributed by atoms with E-state index in [1.54, 1.807) is 28.2 Å². The quantitative estimate of drug-likeness (QED) is 0.644. The number of aromatic nitrogens is 1. The van der Waals surface area contributed by atoms with Crippen LogP contribution in [-0.2, 0) is 16.0 Å². The molecule has 0 spiro atoms. The maximum Gasteiger partial charge on any atom is 0.245 e. The van der Waals surface area contributed by atoms with Gasteiger partial charge in [0.2, 0.25) is 11.8 Å². The van der Waals surface area contributed by atoms with Gasteiger partial charge < -0.3 is 14.8 Å². The summed E-state index contributed by atoms with van der Waals surface area (Å²) in [4.78, 5) is 33.7. The van der Waals surface area contributed by atoms with E-state index in [0.717, 1.165) is 31.5 Å². The van der Waals surface area contributed by atoms with E-state index >= 15 is 0 Å². The second-order valence-corrected chi connectivity index (χ2v) is 8.71. The summed E-state index contributed by atoms with van der Waals surface area (Å²) in [5, 5.41) is 3.15. The van der Waals surface area contributed by atoms with Gasteiger partial charge in [-0.1, -0.05) is 18.2 Å². The number of thiophene rings is 1. The molecule has 2 aliphatic rings. The number of likely N-dealkylation sites (N-methyl/N-ethyl adjacent to an activating group) is 1. The highest BCUT2D eigenvalue weighted by molar-refractivity contribution is 9.10. The van der Waals surface area contributed by atoms with E-state index in [1.807, 2.05) is 29.6 Å². The van der Waals surface area contributed by atoms with Crippen LogP contribution in [0.15, 0.2) is 40.2 Å². The molecule has 0 aliphatic carbocycles. The van der Waals surface area contributed by atoms with Crippen molar-refractivity contribution < 1.29 is 9.59 Å². The Bertz CT molecular complexity index is 1060. The Morgan fingerprint density at radius 3 is 2.85 bits per heavy atom. The van der Waals surface area contributed by atoms with E-state index in [2.05, 4.69) is 27.0 Å². The summed E-state index contributed by atoms with van der Waals surface area (Å²) in [5.74, 6) is 0.0112. The molecule has 7 heteroatoms. The lowest BCUT2D eigenvalue weighted by Gasteiger charge is -2.45. The number of benzene rings is 1. The number of carbonyl (C=O) groups is 2. The Kier molecular flexibility index (Phi) is 3.52. The zero-order valence-corrected chi connectivity index (χ0v) is 16.4. The molecule has 5 rings (SSSR count). The first-order valence-electron chi connectivity index (χ1n) is 8.44. The third-order valence-corrected chi connectivity index (χ3v) is 7.06. The number of amides is 2. The molecule has 0 radical (unpaired) electrons. The van der Waals surface area contributed by atoms with Gasteiger partial charge in [0.25, 0.3) is 0 Å². The molecule has 1 aromatic carbocycles. The van der Waals surface area contributed by atoms with Crippen molar-refractivity contribution in [2.24, 2.45) is 0 Å². The molecule has 1 fully saturated rings. The number of rotatable bonds is 1. The molecule has 3 aromatic rings. The number of fused-ring (bicyclic) bond motifs is 4. The number of hydrogen-bond acceptors (Lipinski definition) is 3. The van der Waals surface area contributed by atoms with Crippen LogP contribution >= 0.6 is 27.3 Å². The van der Waals surface area contributed by atoms with Crippen LogP contribution in [0.25, 0.3) is 10.9 Å². The fraction of sp³-hybridized carbons (Fsp3) is 0.263. The molecule has 4 heterocycles. The van der Waals surface area contributed by atoms with Gasteiger partial charge in [-0.05, 0) is 33.6 Å². The van der Waals surface area contributed by atoms with Crippen LogP contribution < -0.4 is 0 Å². The van der Waals surface area contributed by atoms with Crippen LogP contribution in [0, 0.1) is 0 Å². The molecule has 2 atom stereocenters. The number of halogens is 1. The van der Waals surface area contributed by atoms with E-state index in [-0.39, 0.29) is 24.4 Å². The number of nitrogens with zero attached hydrogens (tertiary/aromatic N) is 2. The van der Waals surface area contributed by atoms with Crippen molar-refractivity contribution in [3.05, 3.63) is 56.3 Å². The predicted octanol–water partition coefficient (Wildman–Crippen LogP) is 3.31. The summed E-state index contributed by atoms with van der Waals surface area (Å²) >= 11 is 5.12. The molecular weight excluding hydrogens is 414 g/mol. The Labute approximate surface area is 162 Å². The Balaban J connectivity index is 1.77. The van der Waals surface area contributed by atoms with Crippen LogP contribution in [0.1, 0.15) is 22.2 Å². The van der Waals surface area contributed by atoms with Gasteiger partial charge in [-0.15, -0.1) is 11.3 Å². The molecule has 0 saturated carbocycles.